The first-order chi connectivity index (χ1) is 16.7. The van der Waals surface area contributed by atoms with Gasteiger partial charge in [0.05, 0.1) is 18.6 Å². The zero-order valence-electron chi connectivity index (χ0n) is 21.7. The van der Waals surface area contributed by atoms with E-state index in [1.54, 1.807) is 18.9 Å². The van der Waals surface area contributed by atoms with Crippen LogP contribution in [0.3, 0.4) is 0 Å². The van der Waals surface area contributed by atoms with Gasteiger partial charge < -0.3 is 25.6 Å². The van der Waals surface area contributed by atoms with Crippen LogP contribution in [0.15, 0.2) is 24.3 Å². The summed E-state index contributed by atoms with van der Waals surface area (Å²) in [4.78, 5) is 42.9. The predicted molar refractivity (Wildman–Crippen MR) is 135 cm³/mol. The highest BCUT2D eigenvalue weighted by molar-refractivity contribution is 5.90. The zero-order chi connectivity index (χ0) is 25.5. The number of aryl methyl sites for hydroxylation is 1. The zero-order valence-corrected chi connectivity index (χ0v) is 21.7. The Kier molecular flexibility index (Phi) is 9.51. The van der Waals surface area contributed by atoms with Crippen molar-refractivity contribution in [2.45, 2.75) is 71.3 Å². The fraction of sp³-hybridized carbons (Fsp3) is 0.654. The number of amides is 3. The number of benzene rings is 1. The van der Waals surface area contributed by atoms with Crippen LogP contribution in [0.2, 0.25) is 0 Å². The smallest absolute Gasteiger partial charge is 0.409 e. The lowest BCUT2D eigenvalue weighted by atomic mass is 9.88. The van der Waals surface area contributed by atoms with Crippen molar-refractivity contribution in [2.75, 3.05) is 33.2 Å². The van der Waals surface area contributed by atoms with Crippen molar-refractivity contribution in [3.05, 3.63) is 35.4 Å². The highest BCUT2D eigenvalue weighted by Gasteiger charge is 2.38. The number of rotatable bonds is 8. The van der Waals surface area contributed by atoms with Crippen LogP contribution in [0.1, 0.15) is 57.7 Å². The number of nitrogens with zero attached hydrogens (tertiary/aromatic N) is 2. The van der Waals surface area contributed by atoms with E-state index in [0.29, 0.717) is 19.6 Å². The van der Waals surface area contributed by atoms with Gasteiger partial charge in [-0.2, -0.15) is 0 Å². The number of carbonyl (C=O) groups is 3. The van der Waals surface area contributed by atoms with Crippen LogP contribution in [-0.4, -0.2) is 79.2 Å². The molecule has 0 aromatic heterocycles. The predicted octanol–water partition coefficient (Wildman–Crippen LogP) is 2.03. The van der Waals surface area contributed by atoms with Crippen LogP contribution in [0.25, 0.3) is 0 Å². The van der Waals surface area contributed by atoms with Gasteiger partial charge in [0, 0.05) is 13.1 Å². The van der Waals surface area contributed by atoms with E-state index in [0.717, 1.165) is 31.4 Å². The third-order valence-electron chi connectivity index (χ3n) is 7.11. The number of hydrogen-bond acceptors (Lipinski definition) is 6. The molecule has 4 atom stereocenters. The van der Waals surface area contributed by atoms with E-state index in [1.165, 1.54) is 5.56 Å². The second kappa shape index (κ2) is 12.4. The molecule has 3 rings (SSSR count). The molecule has 0 bridgehead atoms. The lowest BCUT2D eigenvalue weighted by Crippen LogP contribution is -2.62. The second-order valence-electron chi connectivity index (χ2n) is 9.81. The quantitative estimate of drug-likeness (QED) is 0.519. The van der Waals surface area contributed by atoms with Crippen molar-refractivity contribution in [2.24, 2.45) is 5.92 Å². The summed E-state index contributed by atoms with van der Waals surface area (Å²) in [5.74, 6) is -0.584. The van der Waals surface area contributed by atoms with E-state index in [1.807, 2.05) is 32.9 Å². The molecule has 1 aromatic rings. The van der Waals surface area contributed by atoms with Gasteiger partial charge >= 0.3 is 6.09 Å². The van der Waals surface area contributed by atoms with Crippen LogP contribution in [0, 0.1) is 5.92 Å². The molecular formula is C26H41N5O4. The Bertz CT molecular complexity index is 892. The molecular weight excluding hydrogens is 446 g/mol. The SMILES string of the molecule is CCN1CCN(C(=O)[C@@H](NC(=O)[C@H](C)NC)C(C)C)[C@@H](OC(=O)NC2CCCc3ccccc32)C1. The summed E-state index contributed by atoms with van der Waals surface area (Å²) in [6, 6.07) is 6.93. The number of carbonyl (C=O) groups excluding carboxylic acids is 3. The van der Waals surface area contributed by atoms with Crippen LogP contribution in [0.4, 0.5) is 4.79 Å². The lowest BCUT2D eigenvalue weighted by molar-refractivity contribution is -0.152. The third kappa shape index (κ3) is 6.73. The molecule has 0 saturated carbocycles. The topological polar surface area (TPSA) is 103 Å². The van der Waals surface area contributed by atoms with Crippen molar-refractivity contribution in [3.63, 3.8) is 0 Å². The second-order valence-corrected chi connectivity index (χ2v) is 9.81. The average Bonchev–Trinajstić information content (AvgIpc) is 2.86. The summed E-state index contributed by atoms with van der Waals surface area (Å²) in [6.45, 7) is 9.94. The summed E-state index contributed by atoms with van der Waals surface area (Å²) in [6.07, 6.45) is 1.61. The van der Waals surface area contributed by atoms with Crippen molar-refractivity contribution in [1.82, 2.24) is 25.8 Å². The summed E-state index contributed by atoms with van der Waals surface area (Å²) in [5.41, 5.74) is 2.38. The molecule has 2 aliphatic rings. The van der Waals surface area contributed by atoms with Crippen molar-refractivity contribution >= 4 is 17.9 Å². The first-order valence-electron chi connectivity index (χ1n) is 12.8. The Labute approximate surface area is 208 Å². The minimum absolute atomic E-state index is 0.104. The maximum Gasteiger partial charge on any atom is 0.409 e. The summed E-state index contributed by atoms with van der Waals surface area (Å²) >= 11 is 0. The molecule has 0 spiro atoms. The Morgan fingerprint density at radius 3 is 2.57 bits per heavy atom. The molecule has 3 amide bonds. The number of alkyl carbamates (subject to hydrolysis) is 1. The molecule has 9 nitrogen and oxygen atoms in total. The highest BCUT2D eigenvalue weighted by Crippen LogP contribution is 2.29. The first kappa shape index (κ1) is 26.9. The van der Waals surface area contributed by atoms with E-state index in [2.05, 4.69) is 33.0 Å². The Hall–Kier alpha value is -2.65. The third-order valence-corrected chi connectivity index (χ3v) is 7.11. The molecule has 1 unspecified atom stereocenters. The largest absolute Gasteiger partial charge is 0.424 e. The molecule has 0 radical (unpaired) electrons. The highest BCUT2D eigenvalue weighted by atomic mass is 16.6. The van der Waals surface area contributed by atoms with Crippen LogP contribution >= 0.6 is 0 Å². The molecule has 3 N–H and O–H groups in total. The Balaban J connectivity index is 1.72. The van der Waals surface area contributed by atoms with Gasteiger partial charge in [0.2, 0.25) is 11.8 Å². The summed E-state index contributed by atoms with van der Waals surface area (Å²) in [5, 5.41) is 8.80. The summed E-state index contributed by atoms with van der Waals surface area (Å²) in [7, 11) is 1.70. The Morgan fingerprint density at radius 1 is 1.14 bits per heavy atom. The van der Waals surface area contributed by atoms with Gasteiger partial charge in [0.25, 0.3) is 0 Å². The number of piperazine rings is 1. The van der Waals surface area contributed by atoms with E-state index in [9.17, 15) is 14.4 Å². The van der Waals surface area contributed by atoms with Crippen molar-refractivity contribution < 1.29 is 19.1 Å². The molecule has 1 aliphatic carbocycles. The number of fused-ring (bicyclic) bond motifs is 1. The standard InChI is InChI=1S/C26H41N5O4/c1-6-30-14-15-31(25(33)23(17(2)3)29-24(32)18(4)27-5)22(16-30)35-26(34)28-21-13-9-11-19-10-7-8-12-20(19)21/h7-8,10,12,17-18,21-23,27H,6,9,11,13-16H2,1-5H3,(H,28,34)(H,29,32)/t18-,21?,22-,23-/m0/s1. The molecule has 1 aromatic carbocycles. The maximum atomic E-state index is 13.6. The summed E-state index contributed by atoms with van der Waals surface area (Å²) < 4.78 is 5.87. The van der Waals surface area contributed by atoms with E-state index in [-0.39, 0.29) is 23.8 Å². The fourth-order valence-corrected chi connectivity index (χ4v) is 4.75. The minimum atomic E-state index is -0.727. The van der Waals surface area contributed by atoms with Gasteiger partial charge in [-0.3, -0.25) is 14.5 Å². The molecule has 1 aliphatic heterocycles. The molecule has 1 heterocycles. The van der Waals surface area contributed by atoms with Gasteiger partial charge in [0.1, 0.15) is 6.04 Å². The first-order valence-corrected chi connectivity index (χ1v) is 12.8. The fourth-order valence-electron chi connectivity index (χ4n) is 4.75. The van der Waals surface area contributed by atoms with Crippen molar-refractivity contribution in [1.29, 1.82) is 0 Å². The van der Waals surface area contributed by atoms with Gasteiger partial charge in [0.15, 0.2) is 6.23 Å². The Morgan fingerprint density at radius 2 is 1.89 bits per heavy atom. The normalized spacial score (nSPS) is 22.2. The van der Waals surface area contributed by atoms with E-state index >= 15 is 0 Å². The minimum Gasteiger partial charge on any atom is -0.424 e. The van der Waals surface area contributed by atoms with Crippen LogP contribution < -0.4 is 16.0 Å². The lowest BCUT2D eigenvalue weighted by Gasteiger charge is -2.42. The number of nitrogens with one attached hydrogen (secondary N) is 3. The van der Waals surface area contributed by atoms with Gasteiger partial charge in [-0.25, -0.2) is 4.79 Å². The van der Waals surface area contributed by atoms with Gasteiger partial charge in [-0.05, 0) is 56.8 Å². The van der Waals surface area contributed by atoms with Gasteiger partial charge in [-0.1, -0.05) is 45.0 Å². The molecule has 35 heavy (non-hydrogen) atoms. The molecule has 9 heteroatoms. The average molecular weight is 488 g/mol. The number of likely N-dealkylation sites (N-methyl/N-ethyl adjacent to an activating group) is 2. The van der Waals surface area contributed by atoms with E-state index < -0.39 is 24.4 Å². The monoisotopic (exact) mass is 487 g/mol. The maximum absolute atomic E-state index is 13.6. The molecule has 1 saturated heterocycles. The molecule has 1 fully saturated rings. The van der Waals surface area contributed by atoms with Gasteiger partial charge in [-0.15, -0.1) is 0 Å². The molecule has 194 valence electrons. The number of ether oxygens (including phenoxy) is 1. The van der Waals surface area contributed by atoms with Crippen LogP contribution in [-0.2, 0) is 20.7 Å². The van der Waals surface area contributed by atoms with Crippen molar-refractivity contribution in [3.8, 4) is 0 Å². The number of hydrogen-bond donors (Lipinski definition) is 3. The van der Waals surface area contributed by atoms with Crippen LogP contribution in [0.5, 0.6) is 0 Å². The van der Waals surface area contributed by atoms with E-state index in [4.69, 9.17) is 4.74 Å².